The molecule has 30 heavy (non-hydrogen) atoms. The van der Waals surface area contributed by atoms with Crippen LogP contribution in [0.15, 0.2) is 45.9 Å². The molecule has 0 aliphatic carbocycles. The standard InChI is InChI=1S/C18H14N4O8/c1-2-29-15-6-10(5-13(17(15)23)22(27)28)9-19-20-18(24)16-8-11-7-12(21(25)26)3-4-14(11)30-16/h3-9,23H,2H2,1H3,(H,20,24)/b19-9-. The van der Waals surface area contributed by atoms with Gasteiger partial charge in [-0.05, 0) is 25.1 Å². The molecule has 0 fully saturated rings. The van der Waals surface area contributed by atoms with Crippen LogP contribution in [-0.4, -0.2) is 33.7 Å². The Hall–Kier alpha value is -4.48. The fraction of sp³-hybridized carbons (Fsp3) is 0.111. The van der Waals surface area contributed by atoms with Gasteiger partial charge in [0, 0.05) is 29.1 Å². The molecule has 0 unspecified atom stereocenters. The number of hydrogen-bond donors (Lipinski definition) is 2. The van der Waals surface area contributed by atoms with E-state index < -0.39 is 27.2 Å². The molecule has 3 aromatic rings. The number of hydrazone groups is 1. The number of aromatic hydroxyl groups is 1. The maximum atomic E-state index is 12.2. The van der Waals surface area contributed by atoms with Crippen molar-refractivity contribution in [3.05, 3.63) is 68.0 Å². The van der Waals surface area contributed by atoms with E-state index >= 15 is 0 Å². The third-order valence-electron chi connectivity index (χ3n) is 3.89. The number of nitrogens with zero attached hydrogens (tertiary/aromatic N) is 3. The highest BCUT2D eigenvalue weighted by atomic mass is 16.6. The average Bonchev–Trinajstić information content (AvgIpc) is 3.13. The Labute approximate surface area is 167 Å². The van der Waals surface area contributed by atoms with Crippen LogP contribution in [0.5, 0.6) is 11.5 Å². The van der Waals surface area contributed by atoms with Crippen molar-refractivity contribution < 1.29 is 28.9 Å². The SMILES string of the molecule is CCOc1cc(/C=N\NC(=O)c2cc3cc([N+](=O)[O-])ccc3o2)cc([N+](=O)[O-])c1O. The second-order valence-corrected chi connectivity index (χ2v) is 5.87. The van der Waals surface area contributed by atoms with Gasteiger partial charge in [0.1, 0.15) is 5.58 Å². The number of rotatable bonds is 7. The number of carbonyl (C=O) groups is 1. The van der Waals surface area contributed by atoms with Gasteiger partial charge in [-0.25, -0.2) is 5.43 Å². The number of benzene rings is 2. The Kier molecular flexibility index (Phi) is 5.58. The number of non-ortho nitro benzene ring substituents is 1. The van der Waals surface area contributed by atoms with Gasteiger partial charge in [-0.2, -0.15) is 5.10 Å². The summed E-state index contributed by atoms with van der Waals surface area (Å²) in [6.07, 6.45) is 1.13. The van der Waals surface area contributed by atoms with Crippen molar-refractivity contribution in [2.45, 2.75) is 6.92 Å². The summed E-state index contributed by atoms with van der Waals surface area (Å²) in [5.41, 5.74) is 1.95. The Balaban J connectivity index is 1.79. The molecule has 0 spiro atoms. The fourth-order valence-corrected chi connectivity index (χ4v) is 2.57. The zero-order chi connectivity index (χ0) is 21.8. The number of phenols is 1. The zero-order valence-electron chi connectivity index (χ0n) is 15.4. The minimum atomic E-state index is -0.776. The zero-order valence-corrected chi connectivity index (χ0v) is 15.4. The quantitative estimate of drug-likeness (QED) is 0.337. The lowest BCUT2D eigenvalue weighted by molar-refractivity contribution is -0.386. The Morgan fingerprint density at radius 2 is 2.00 bits per heavy atom. The highest BCUT2D eigenvalue weighted by Crippen LogP contribution is 2.36. The molecule has 0 aliphatic heterocycles. The number of fused-ring (bicyclic) bond motifs is 1. The predicted molar refractivity (Wildman–Crippen MR) is 104 cm³/mol. The van der Waals surface area contributed by atoms with Gasteiger partial charge in [-0.15, -0.1) is 0 Å². The lowest BCUT2D eigenvalue weighted by atomic mass is 10.2. The smallest absolute Gasteiger partial charge is 0.315 e. The van der Waals surface area contributed by atoms with Gasteiger partial charge in [-0.3, -0.25) is 25.0 Å². The van der Waals surface area contributed by atoms with Gasteiger partial charge < -0.3 is 14.3 Å². The highest BCUT2D eigenvalue weighted by Gasteiger charge is 2.20. The number of ether oxygens (including phenoxy) is 1. The van der Waals surface area contributed by atoms with Crippen LogP contribution in [0.2, 0.25) is 0 Å². The van der Waals surface area contributed by atoms with Crippen LogP contribution in [0.25, 0.3) is 11.0 Å². The molecule has 1 aromatic heterocycles. The van der Waals surface area contributed by atoms with Gasteiger partial charge in [0.2, 0.25) is 5.75 Å². The first-order valence-electron chi connectivity index (χ1n) is 8.45. The van der Waals surface area contributed by atoms with Crippen molar-refractivity contribution in [3.63, 3.8) is 0 Å². The monoisotopic (exact) mass is 414 g/mol. The van der Waals surface area contributed by atoms with E-state index in [0.29, 0.717) is 5.39 Å². The number of nitro groups is 2. The van der Waals surface area contributed by atoms with Gasteiger partial charge in [0.05, 0.1) is 22.7 Å². The fourth-order valence-electron chi connectivity index (χ4n) is 2.57. The molecule has 3 rings (SSSR count). The van der Waals surface area contributed by atoms with Gasteiger partial charge >= 0.3 is 11.6 Å². The molecular weight excluding hydrogens is 400 g/mol. The molecule has 0 saturated heterocycles. The molecule has 1 heterocycles. The van der Waals surface area contributed by atoms with Crippen molar-refractivity contribution in [1.82, 2.24) is 5.43 Å². The largest absolute Gasteiger partial charge is 0.500 e. The summed E-state index contributed by atoms with van der Waals surface area (Å²) in [5.74, 6) is -1.57. The maximum Gasteiger partial charge on any atom is 0.315 e. The number of amides is 1. The summed E-state index contributed by atoms with van der Waals surface area (Å²) in [6.45, 7) is 1.82. The first-order valence-corrected chi connectivity index (χ1v) is 8.45. The summed E-state index contributed by atoms with van der Waals surface area (Å²) < 4.78 is 10.5. The van der Waals surface area contributed by atoms with E-state index in [-0.39, 0.29) is 35.0 Å². The van der Waals surface area contributed by atoms with Crippen LogP contribution in [0.4, 0.5) is 11.4 Å². The van der Waals surface area contributed by atoms with Crippen molar-refractivity contribution in [1.29, 1.82) is 0 Å². The number of phenolic OH excluding ortho intramolecular Hbond substituents is 1. The molecule has 12 nitrogen and oxygen atoms in total. The summed E-state index contributed by atoms with van der Waals surface area (Å²) in [7, 11) is 0. The van der Waals surface area contributed by atoms with Crippen LogP contribution < -0.4 is 10.2 Å². The summed E-state index contributed by atoms with van der Waals surface area (Å²) in [4.78, 5) is 32.7. The van der Waals surface area contributed by atoms with Crippen LogP contribution >= 0.6 is 0 Å². The summed E-state index contributed by atoms with van der Waals surface area (Å²) in [6, 6.07) is 7.60. The number of hydrogen-bond acceptors (Lipinski definition) is 9. The minimum Gasteiger partial charge on any atom is -0.500 e. The van der Waals surface area contributed by atoms with Crippen molar-refractivity contribution >= 4 is 34.5 Å². The molecule has 0 saturated carbocycles. The molecule has 154 valence electrons. The van der Waals surface area contributed by atoms with E-state index in [1.807, 2.05) is 0 Å². The first kappa shape index (κ1) is 20.3. The van der Waals surface area contributed by atoms with Gasteiger partial charge in [0.15, 0.2) is 11.5 Å². The second kappa shape index (κ2) is 8.26. The number of nitrogens with one attached hydrogen (secondary N) is 1. The first-order chi connectivity index (χ1) is 14.3. The Morgan fingerprint density at radius 1 is 1.23 bits per heavy atom. The molecule has 2 aromatic carbocycles. The molecule has 0 aliphatic rings. The molecule has 0 radical (unpaired) electrons. The molecule has 0 bridgehead atoms. The van der Waals surface area contributed by atoms with E-state index in [0.717, 1.165) is 12.3 Å². The number of carbonyl (C=O) groups excluding carboxylic acids is 1. The van der Waals surface area contributed by atoms with E-state index in [1.54, 1.807) is 6.92 Å². The minimum absolute atomic E-state index is 0.0987. The van der Waals surface area contributed by atoms with Gasteiger partial charge in [-0.1, -0.05) is 0 Å². The van der Waals surface area contributed by atoms with E-state index in [4.69, 9.17) is 9.15 Å². The lowest BCUT2D eigenvalue weighted by Crippen LogP contribution is -2.16. The Bertz CT molecular complexity index is 1180. The van der Waals surface area contributed by atoms with Gasteiger partial charge in [0.25, 0.3) is 5.69 Å². The highest BCUT2D eigenvalue weighted by molar-refractivity contribution is 5.97. The van der Waals surface area contributed by atoms with E-state index in [2.05, 4.69) is 10.5 Å². The predicted octanol–water partition coefficient (Wildman–Crippen LogP) is 3.12. The lowest BCUT2D eigenvalue weighted by Gasteiger charge is -2.07. The van der Waals surface area contributed by atoms with Crippen LogP contribution in [0.3, 0.4) is 0 Å². The molecule has 2 N–H and O–H groups in total. The van der Waals surface area contributed by atoms with Crippen molar-refractivity contribution in [3.8, 4) is 11.5 Å². The summed E-state index contributed by atoms with van der Waals surface area (Å²) >= 11 is 0. The second-order valence-electron chi connectivity index (χ2n) is 5.87. The normalized spacial score (nSPS) is 11.0. The van der Waals surface area contributed by atoms with Crippen LogP contribution in [0.1, 0.15) is 23.0 Å². The van der Waals surface area contributed by atoms with E-state index in [9.17, 15) is 30.1 Å². The van der Waals surface area contributed by atoms with Crippen LogP contribution in [-0.2, 0) is 0 Å². The Morgan fingerprint density at radius 3 is 2.67 bits per heavy atom. The average molecular weight is 414 g/mol. The molecule has 0 atom stereocenters. The number of furan rings is 1. The van der Waals surface area contributed by atoms with Crippen molar-refractivity contribution in [2.75, 3.05) is 6.61 Å². The maximum absolute atomic E-state index is 12.2. The molecule has 1 amide bonds. The summed E-state index contributed by atoms with van der Waals surface area (Å²) in [5, 5.41) is 35.8. The van der Waals surface area contributed by atoms with E-state index in [1.165, 1.54) is 30.3 Å². The van der Waals surface area contributed by atoms with Crippen molar-refractivity contribution in [2.24, 2.45) is 5.10 Å². The molecular formula is C18H14N4O8. The topological polar surface area (TPSA) is 170 Å². The van der Waals surface area contributed by atoms with Crippen LogP contribution in [0, 0.1) is 20.2 Å². The molecule has 12 heteroatoms. The third kappa shape index (κ3) is 4.16. The third-order valence-corrected chi connectivity index (χ3v) is 3.89. The number of nitro benzene ring substituents is 2.